The van der Waals surface area contributed by atoms with E-state index in [-0.39, 0.29) is 17.4 Å². The van der Waals surface area contributed by atoms with Crippen LogP contribution in [0.5, 0.6) is 0 Å². The van der Waals surface area contributed by atoms with Gasteiger partial charge < -0.3 is 20.5 Å². The number of carbonyl (C=O) groups is 1. The molecule has 8 heteroatoms. The molecule has 0 aliphatic carbocycles. The van der Waals surface area contributed by atoms with Gasteiger partial charge >= 0.3 is 0 Å². The molecule has 3 heterocycles. The maximum Gasteiger partial charge on any atom is 0.273 e. The summed E-state index contributed by atoms with van der Waals surface area (Å²) >= 11 is 0. The van der Waals surface area contributed by atoms with Crippen LogP contribution < -0.4 is 11.1 Å². The third-order valence-electron chi connectivity index (χ3n) is 4.06. The Balaban J connectivity index is 1.57. The molecular weight excluding hydrogens is 332 g/mol. The smallest absolute Gasteiger partial charge is 0.273 e. The Morgan fingerprint density at radius 3 is 3.00 bits per heavy atom. The van der Waals surface area contributed by atoms with Gasteiger partial charge in [-0.05, 0) is 23.9 Å². The predicted octanol–water partition coefficient (Wildman–Crippen LogP) is 2.43. The number of aromatic nitrogens is 4. The van der Waals surface area contributed by atoms with Gasteiger partial charge in [-0.15, -0.1) is 0 Å². The van der Waals surface area contributed by atoms with Gasteiger partial charge in [-0.2, -0.15) is 0 Å². The summed E-state index contributed by atoms with van der Waals surface area (Å²) in [4.78, 5) is 28.2. The average molecular weight is 348 g/mol. The molecule has 4 aromatic rings. The minimum absolute atomic E-state index is 0.0272. The van der Waals surface area contributed by atoms with Crippen LogP contribution in [0.3, 0.4) is 0 Å². The summed E-state index contributed by atoms with van der Waals surface area (Å²) in [5.41, 5.74) is 8.90. The van der Waals surface area contributed by atoms with Crippen molar-refractivity contribution in [2.75, 3.05) is 5.73 Å². The molecule has 1 aromatic carbocycles. The van der Waals surface area contributed by atoms with Crippen LogP contribution in [0.4, 0.5) is 5.82 Å². The Bertz CT molecular complexity index is 1080. The number of rotatable bonds is 4. The lowest BCUT2D eigenvalue weighted by Crippen LogP contribution is -2.26. The van der Waals surface area contributed by atoms with Crippen molar-refractivity contribution in [3.05, 3.63) is 59.9 Å². The first-order valence-electron chi connectivity index (χ1n) is 8.00. The highest BCUT2D eigenvalue weighted by Crippen LogP contribution is 2.21. The standard InChI is InChI=1S/C18H16N6O2/c1-10-13(18-21-7-8-26-18)24-16(19)15(23-10)17(25)22-9-12-4-2-3-11-5-6-20-14(11)12/h2-8,20H,9H2,1H3,(H2,19,24)(H,22,25). The molecule has 4 rings (SSSR count). The Morgan fingerprint density at radius 1 is 1.31 bits per heavy atom. The summed E-state index contributed by atoms with van der Waals surface area (Å²) in [7, 11) is 0. The summed E-state index contributed by atoms with van der Waals surface area (Å²) in [6.07, 6.45) is 4.81. The normalized spacial score (nSPS) is 11.0. The van der Waals surface area contributed by atoms with Gasteiger partial charge in [0.1, 0.15) is 12.0 Å². The first-order chi connectivity index (χ1) is 12.6. The number of aromatic amines is 1. The average Bonchev–Trinajstić information content (AvgIpc) is 3.32. The first-order valence-corrected chi connectivity index (χ1v) is 8.00. The molecule has 0 atom stereocenters. The quantitative estimate of drug-likeness (QED) is 0.520. The summed E-state index contributed by atoms with van der Waals surface area (Å²) in [5, 5.41) is 3.92. The second-order valence-electron chi connectivity index (χ2n) is 5.77. The summed E-state index contributed by atoms with van der Waals surface area (Å²) < 4.78 is 5.22. The largest absolute Gasteiger partial charge is 0.443 e. The molecular formula is C18H16N6O2. The molecule has 3 aromatic heterocycles. The van der Waals surface area contributed by atoms with Gasteiger partial charge in [0.15, 0.2) is 11.5 Å². The molecule has 0 saturated carbocycles. The van der Waals surface area contributed by atoms with Crippen molar-refractivity contribution >= 4 is 22.6 Å². The third-order valence-corrected chi connectivity index (χ3v) is 4.06. The van der Waals surface area contributed by atoms with Crippen molar-refractivity contribution in [1.82, 2.24) is 25.3 Å². The molecule has 0 fully saturated rings. The molecule has 0 aliphatic rings. The van der Waals surface area contributed by atoms with E-state index in [9.17, 15) is 4.79 Å². The van der Waals surface area contributed by atoms with Gasteiger partial charge in [-0.3, -0.25) is 4.79 Å². The second kappa shape index (κ2) is 6.32. The molecule has 8 nitrogen and oxygen atoms in total. The van der Waals surface area contributed by atoms with Crippen molar-refractivity contribution in [2.24, 2.45) is 0 Å². The van der Waals surface area contributed by atoms with E-state index in [1.807, 2.05) is 30.5 Å². The molecule has 1 amide bonds. The topological polar surface area (TPSA) is 123 Å². The van der Waals surface area contributed by atoms with E-state index in [1.165, 1.54) is 12.5 Å². The van der Waals surface area contributed by atoms with Crippen molar-refractivity contribution in [2.45, 2.75) is 13.5 Å². The molecule has 0 aliphatic heterocycles. The van der Waals surface area contributed by atoms with Gasteiger partial charge in [0, 0.05) is 12.7 Å². The van der Waals surface area contributed by atoms with Crippen LogP contribution in [-0.2, 0) is 6.54 Å². The zero-order chi connectivity index (χ0) is 18.1. The van der Waals surface area contributed by atoms with E-state index < -0.39 is 0 Å². The zero-order valence-electron chi connectivity index (χ0n) is 14.0. The van der Waals surface area contributed by atoms with Gasteiger partial charge in [0.05, 0.1) is 17.4 Å². The number of nitrogens with zero attached hydrogens (tertiary/aromatic N) is 3. The van der Waals surface area contributed by atoms with E-state index in [4.69, 9.17) is 10.2 Å². The molecule has 0 bridgehead atoms. The number of hydrogen-bond donors (Lipinski definition) is 3. The highest BCUT2D eigenvalue weighted by Gasteiger charge is 2.18. The number of aryl methyl sites for hydroxylation is 1. The molecule has 130 valence electrons. The van der Waals surface area contributed by atoms with Crippen LogP contribution in [0.15, 0.2) is 47.3 Å². The first kappa shape index (κ1) is 15.8. The van der Waals surface area contributed by atoms with Crippen LogP contribution in [-0.4, -0.2) is 25.8 Å². The Hall–Kier alpha value is -3.68. The number of nitrogens with two attached hydrogens (primary N) is 1. The third kappa shape index (κ3) is 2.77. The van der Waals surface area contributed by atoms with Crippen LogP contribution in [0.2, 0.25) is 0 Å². The van der Waals surface area contributed by atoms with Crippen LogP contribution in [0.25, 0.3) is 22.5 Å². The van der Waals surface area contributed by atoms with Crippen molar-refractivity contribution in [3.8, 4) is 11.6 Å². The fourth-order valence-electron chi connectivity index (χ4n) is 2.80. The molecule has 0 unspecified atom stereocenters. The van der Waals surface area contributed by atoms with E-state index >= 15 is 0 Å². The van der Waals surface area contributed by atoms with E-state index in [0.29, 0.717) is 23.8 Å². The summed E-state index contributed by atoms with van der Waals surface area (Å²) in [6, 6.07) is 7.88. The summed E-state index contributed by atoms with van der Waals surface area (Å²) in [5.74, 6) is -0.0490. The van der Waals surface area contributed by atoms with Gasteiger partial charge in [0.2, 0.25) is 5.89 Å². The highest BCUT2D eigenvalue weighted by molar-refractivity contribution is 5.97. The number of fused-ring (bicyclic) bond motifs is 1. The van der Waals surface area contributed by atoms with Crippen LogP contribution in [0, 0.1) is 6.92 Å². The number of hydrogen-bond acceptors (Lipinski definition) is 6. The summed E-state index contributed by atoms with van der Waals surface area (Å²) in [6.45, 7) is 2.07. The van der Waals surface area contributed by atoms with E-state index in [2.05, 4.69) is 25.3 Å². The number of amides is 1. The van der Waals surface area contributed by atoms with E-state index in [1.54, 1.807) is 6.92 Å². The monoisotopic (exact) mass is 348 g/mol. The second-order valence-corrected chi connectivity index (χ2v) is 5.77. The van der Waals surface area contributed by atoms with Crippen molar-refractivity contribution in [1.29, 1.82) is 0 Å². The minimum atomic E-state index is -0.388. The number of benzene rings is 1. The fourth-order valence-corrected chi connectivity index (χ4v) is 2.80. The van der Waals surface area contributed by atoms with Gasteiger partial charge in [0.25, 0.3) is 5.91 Å². The van der Waals surface area contributed by atoms with Crippen LogP contribution in [0.1, 0.15) is 21.7 Å². The fraction of sp³-hybridized carbons (Fsp3) is 0.111. The maximum atomic E-state index is 12.5. The molecule has 0 spiro atoms. The zero-order valence-corrected chi connectivity index (χ0v) is 14.0. The maximum absolute atomic E-state index is 12.5. The Kier molecular flexibility index (Phi) is 3.85. The van der Waals surface area contributed by atoms with E-state index in [0.717, 1.165) is 16.5 Å². The Morgan fingerprint density at radius 2 is 2.19 bits per heavy atom. The van der Waals surface area contributed by atoms with Crippen molar-refractivity contribution < 1.29 is 9.21 Å². The Labute approximate surface area is 148 Å². The number of H-pyrrole nitrogens is 1. The van der Waals surface area contributed by atoms with Gasteiger partial charge in [-0.25, -0.2) is 15.0 Å². The minimum Gasteiger partial charge on any atom is -0.443 e. The number of carbonyl (C=O) groups excluding carboxylic acids is 1. The van der Waals surface area contributed by atoms with Gasteiger partial charge in [-0.1, -0.05) is 18.2 Å². The number of oxazole rings is 1. The number of nitrogen functional groups attached to an aromatic ring is 1. The number of anilines is 1. The molecule has 0 saturated heterocycles. The van der Waals surface area contributed by atoms with Crippen molar-refractivity contribution in [3.63, 3.8) is 0 Å². The number of para-hydroxylation sites is 1. The lowest BCUT2D eigenvalue weighted by Gasteiger charge is -2.09. The molecule has 4 N–H and O–H groups in total. The molecule has 26 heavy (non-hydrogen) atoms. The SMILES string of the molecule is Cc1nc(C(=O)NCc2cccc3cc[nH]c23)c(N)nc1-c1ncco1. The number of nitrogens with one attached hydrogen (secondary N) is 2. The van der Waals surface area contributed by atoms with Crippen LogP contribution >= 0.6 is 0 Å². The lowest BCUT2D eigenvalue weighted by molar-refractivity contribution is 0.0946. The predicted molar refractivity (Wildman–Crippen MR) is 96.1 cm³/mol. The highest BCUT2D eigenvalue weighted by atomic mass is 16.3. The molecule has 0 radical (unpaired) electrons. The lowest BCUT2D eigenvalue weighted by atomic mass is 10.1.